The lowest BCUT2D eigenvalue weighted by molar-refractivity contribution is -0.121. The van der Waals surface area contributed by atoms with Crippen LogP contribution in [0.15, 0.2) is 53.4 Å². The maximum atomic E-state index is 12.6. The summed E-state index contributed by atoms with van der Waals surface area (Å²) >= 11 is 5.81. The maximum absolute atomic E-state index is 12.6. The molecule has 0 aliphatic heterocycles. The third-order valence-corrected chi connectivity index (χ3v) is 6.57. The van der Waals surface area contributed by atoms with Crippen LogP contribution in [0.1, 0.15) is 11.6 Å². The van der Waals surface area contributed by atoms with Gasteiger partial charge in [0.2, 0.25) is 15.9 Å². The second-order valence-electron chi connectivity index (χ2n) is 6.74. The van der Waals surface area contributed by atoms with Crippen molar-refractivity contribution in [1.82, 2.24) is 14.5 Å². The van der Waals surface area contributed by atoms with E-state index < -0.39 is 15.9 Å². The number of sulfonamides is 1. The molecule has 9 heteroatoms. The number of methoxy groups -OCH3 is 1. The van der Waals surface area contributed by atoms with Gasteiger partial charge in [0.05, 0.1) is 24.6 Å². The van der Waals surface area contributed by atoms with Gasteiger partial charge < -0.3 is 15.0 Å². The van der Waals surface area contributed by atoms with Gasteiger partial charge in [0.1, 0.15) is 5.75 Å². The second kappa shape index (κ2) is 10.1. The molecule has 0 aliphatic rings. The average Bonchev–Trinajstić information content (AvgIpc) is 2.68. The first-order valence-corrected chi connectivity index (χ1v) is 10.8. The fourth-order valence-electron chi connectivity index (χ4n) is 2.85. The highest BCUT2D eigenvalue weighted by atomic mass is 35.5. The molecule has 1 N–H and O–H groups in total. The van der Waals surface area contributed by atoms with Crippen molar-refractivity contribution >= 4 is 27.5 Å². The molecule has 0 spiro atoms. The van der Waals surface area contributed by atoms with Crippen LogP contribution in [0, 0.1) is 0 Å². The van der Waals surface area contributed by atoms with Crippen molar-refractivity contribution in [2.75, 3.05) is 41.3 Å². The minimum Gasteiger partial charge on any atom is -0.496 e. The van der Waals surface area contributed by atoms with Gasteiger partial charge in [0, 0.05) is 24.2 Å². The molecule has 2 aromatic rings. The van der Waals surface area contributed by atoms with Gasteiger partial charge in [-0.2, -0.15) is 4.31 Å². The zero-order valence-corrected chi connectivity index (χ0v) is 18.5. The van der Waals surface area contributed by atoms with Crippen molar-refractivity contribution in [1.29, 1.82) is 0 Å². The lowest BCUT2D eigenvalue weighted by Crippen LogP contribution is -2.41. The molecule has 1 atom stereocenters. The number of hydrogen-bond acceptors (Lipinski definition) is 5. The smallest absolute Gasteiger partial charge is 0.243 e. The Kier molecular flexibility index (Phi) is 8.04. The Hall–Kier alpha value is -2.13. The Balaban J connectivity index is 2.04. The van der Waals surface area contributed by atoms with Gasteiger partial charge in [-0.05, 0) is 44.4 Å². The molecule has 0 radical (unpaired) electrons. The SMILES string of the molecule is COc1ccccc1C(CNC(=O)CN(C)S(=O)(=O)c1ccc(Cl)cc1)N(C)C. The summed E-state index contributed by atoms with van der Waals surface area (Å²) in [6.07, 6.45) is 0. The summed E-state index contributed by atoms with van der Waals surface area (Å²) in [5.74, 6) is 0.328. The fourth-order valence-corrected chi connectivity index (χ4v) is 4.11. The van der Waals surface area contributed by atoms with Crippen LogP contribution in [0.25, 0.3) is 0 Å². The van der Waals surface area contributed by atoms with E-state index in [4.69, 9.17) is 16.3 Å². The zero-order chi connectivity index (χ0) is 21.6. The number of benzene rings is 2. The first-order valence-electron chi connectivity index (χ1n) is 8.94. The van der Waals surface area contributed by atoms with Crippen LogP contribution in [-0.4, -0.2) is 64.9 Å². The Labute approximate surface area is 177 Å². The van der Waals surface area contributed by atoms with Crippen LogP contribution >= 0.6 is 11.6 Å². The maximum Gasteiger partial charge on any atom is 0.243 e. The van der Waals surface area contributed by atoms with Gasteiger partial charge in [0.15, 0.2) is 0 Å². The Morgan fingerprint density at radius 1 is 1.10 bits per heavy atom. The van der Waals surface area contributed by atoms with Crippen molar-refractivity contribution < 1.29 is 17.9 Å². The van der Waals surface area contributed by atoms with Crippen LogP contribution in [0.2, 0.25) is 5.02 Å². The highest BCUT2D eigenvalue weighted by molar-refractivity contribution is 7.89. The molecular formula is C20H26ClN3O4S. The predicted octanol–water partition coefficient (Wildman–Crippen LogP) is 2.39. The summed E-state index contributed by atoms with van der Waals surface area (Å²) in [7, 11) is 2.99. The van der Waals surface area contributed by atoms with Crippen molar-refractivity contribution in [3.05, 3.63) is 59.1 Å². The van der Waals surface area contributed by atoms with Gasteiger partial charge in [0.25, 0.3) is 0 Å². The minimum atomic E-state index is -3.79. The molecule has 29 heavy (non-hydrogen) atoms. The van der Waals surface area contributed by atoms with Gasteiger partial charge in [-0.3, -0.25) is 4.79 Å². The molecule has 0 saturated heterocycles. The van der Waals surface area contributed by atoms with E-state index in [1.165, 1.54) is 31.3 Å². The number of para-hydroxylation sites is 1. The summed E-state index contributed by atoms with van der Waals surface area (Å²) in [6, 6.07) is 13.3. The van der Waals surface area contributed by atoms with E-state index in [0.717, 1.165) is 15.6 Å². The Morgan fingerprint density at radius 2 is 1.72 bits per heavy atom. The lowest BCUT2D eigenvalue weighted by Gasteiger charge is -2.27. The minimum absolute atomic E-state index is 0.0809. The van der Waals surface area contributed by atoms with E-state index in [1.807, 2.05) is 43.3 Å². The third kappa shape index (κ3) is 5.93. The lowest BCUT2D eigenvalue weighted by atomic mass is 10.0. The molecule has 1 unspecified atom stereocenters. The number of nitrogens with one attached hydrogen (secondary N) is 1. The number of likely N-dealkylation sites (N-methyl/N-ethyl adjacent to an activating group) is 2. The summed E-state index contributed by atoms with van der Waals surface area (Å²) in [5.41, 5.74) is 0.933. The van der Waals surface area contributed by atoms with Crippen LogP contribution in [0.5, 0.6) is 5.75 Å². The molecule has 158 valence electrons. The molecule has 0 fully saturated rings. The number of carbonyl (C=O) groups excluding carboxylic acids is 1. The van der Waals surface area contributed by atoms with Crippen LogP contribution < -0.4 is 10.1 Å². The first-order chi connectivity index (χ1) is 13.7. The van der Waals surface area contributed by atoms with Crippen LogP contribution in [0.3, 0.4) is 0 Å². The van der Waals surface area contributed by atoms with Crippen LogP contribution in [-0.2, 0) is 14.8 Å². The van der Waals surface area contributed by atoms with E-state index in [1.54, 1.807) is 7.11 Å². The number of amides is 1. The number of rotatable bonds is 9. The quantitative estimate of drug-likeness (QED) is 0.649. The fraction of sp³-hybridized carbons (Fsp3) is 0.350. The van der Waals surface area contributed by atoms with Gasteiger partial charge in [-0.15, -0.1) is 0 Å². The third-order valence-electron chi connectivity index (χ3n) is 4.50. The largest absolute Gasteiger partial charge is 0.496 e. The molecule has 2 rings (SSSR count). The number of ether oxygens (including phenoxy) is 1. The van der Waals surface area contributed by atoms with Crippen molar-refractivity contribution in [3.63, 3.8) is 0 Å². The summed E-state index contributed by atoms with van der Waals surface area (Å²) in [6.45, 7) is 0.0120. The van der Waals surface area contributed by atoms with Crippen molar-refractivity contribution in [2.24, 2.45) is 0 Å². The number of carbonyl (C=O) groups is 1. The number of halogens is 1. The summed E-state index contributed by atoms with van der Waals surface area (Å²) in [5, 5.41) is 3.25. The van der Waals surface area contributed by atoms with Crippen LogP contribution in [0.4, 0.5) is 0 Å². The predicted molar refractivity (Wildman–Crippen MR) is 114 cm³/mol. The molecule has 0 aromatic heterocycles. The van der Waals surface area contributed by atoms with Crippen molar-refractivity contribution in [3.8, 4) is 5.75 Å². The Bertz CT molecular complexity index is 933. The average molecular weight is 440 g/mol. The van der Waals surface area contributed by atoms with E-state index in [-0.39, 0.29) is 17.5 Å². The molecule has 0 aliphatic carbocycles. The van der Waals surface area contributed by atoms with Gasteiger partial charge in [-0.1, -0.05) is 29.8 Å². The normalized spacial score (nSPS) is 12.8. The summed E-state index contributed by atoms with van der Waals surface area (Å²) < 4.78 is 31.6. The molecule has 2 aromatic carbocycles. The number of hydrogen-bond donors (Lipinski definition) is 1. The molecule has 7 nitrogen and oxygen atoms in total. The molecule has 0 heterocycles. The van der Waals surface area contributed by atoms with E-state index in [9.17, 15) is 13.2 Å². The van der Waals surface area contributed by atoms with Gasteiger partial charge in [-0.25, -0.2) is 8.42 Å². The molecule has 0 bridgehead atoms. The molecular weight excluding hydrogens is 414 g/mol. The Morgan fingerprint density at radius 3 is 2.31 bits per heavy atom. The van der Waals surface area contributed by atoms with E-state index in [2.05, 4.69) is 5.32 Å². The monoisotopic (exact) mass is 439 g/mol. The summed E-state index contributed by atoms with van der Waals surface area (Å²) in [4.78, 5) is 14.5. The zero-order valence-electron chi connectivity index (χ0n) is 16.9. The topological polar surface area (TPSA) is 79.0 Å². The molecule has 0 saturated carbocycles. The highest BCUT2D eigenvalue weighted by Crippen LogP contribution is 2.27. The van der Waals surface area contributed by atoms with Gasteiger partial charge >= 0.3 is 0 Å². The highest BCUT2D eigenvalue weighted by Gasteiger charge is 2.24. The van der Waals surface area contributed by atoms with E-state index >= 15 is 0 Å². The van der Waals surface area contributed by atoms with Crippen molar-refractivity contribution in [2.45, 2.75) is 10.9 Å². The second-order valence-corrected chi connectivity index (χ2v) is 9.22. The van der Waals surface area contributed by atoms with E-state index in [0.29, 0.717) is 11.6 Å². The first kappa shape index (κ1) is 23.2. The standard InChI is InChI=1S/C20H26ClN3O4S/c1-23(2)18(17-7-5-6-8-19(17)28-4)13-22-20(25)14-24(3)29(26,27)16-11-9-15(21)10-12-16/h5-12,18H,13-14H2,1-4H3,(H,22,25). The number of nitrogens with zero attached hydrogens (tertiary/aromatic N) is 2. The molecule has 1 amide bonds.